The normalized spacial score (nSPS) is 15.7. The Bertz CT molecular complexity index is 697. The molecule has 7 heteroatoms. The molecule has 0 aliphatic heterocycles. The molecule has 22 heavy (non-hydrogen) atoms. The monoisotopic (exact) mass is 318 g/mol. The van der Waals surface area contributed by atoms with Crippen molar-refractivity contribution in [3.63, 3.8) is 0 Å². The van der Waals surface area contributed by atoms with Crippen LogP contribution in [-0.2, 0) is 6.54 Å². The van der Waals surface area contributed by atoms with E-state index in [1.807, 2.05) is 13.0 Å². The molecular formula is C15H18N4O2S. The molecule has 2 aromatic rings. The number of non-ortho nitro benzene ring substituents is 1. The molecule has 3 rings (SSSR count). The molecule has 0 amide bonds. The van der Waals surface area contributed by atoms with Gasteiger partial charge in [-0.3, -0.25) is 10.1 Å². The lowest BCUT2D eigenvalue weighted by molar-refractivity contribution is -0.384. The summed E-state index contributed by atoms with van der Waals surface area (Å²) in [6, 6.07) is 6.79. The average Bonchev–Trinajstić information content (AvgIpc) is 3.29. The fourth-order valence-corrected chi connectivity index (χ4v) is 3.48. The molecule has 0 N–H and O–H groups in total. The topological polar surface area (TPSA) is 73.8 Å². The third-order valence-electron chi connectivity index (χ3n) is 3.84. The molecule has 1 aromatic heterocycles. The van der Waals surface area contributed by atoms with Gasteiger partial charge >= 0.3 is 0 Å². The van der Waals surface area contributed by atoms with Crippen LogP contribution >= 0.6 is 11.8 Å². The summed E-state index contributed by atoms with van der Waals surface area (Å²) in [7, 11) is 0. The van der Waals surface area contributed by atoms with Crippen LogP contribution in [0.2, 0.25) is 0 Å². The molecule has 1 heterocycles. The molecule has 116 valence electrons. The number of aromatic nitrogens is 3. The molecule has 0 spiro atoms. The smallest absolute Gasteiger partial charge is 0.269 e. The van der Waals surface area contributed by atoms with Gasteiger partial charge in [-0.15, -0.1) is 10.2 Å². The van der Waals surface area contributed by atoms with Crippen LogP contribution in [0.25, 0.3) is 0 Å². The van der Waals surface area contributed by atoms with Gasteiger partial charge in [-0.1, -0.05) is 23.9 Å². The lowest BCUT2D eigenvalue weighted by Crippen LogP contribution is -2.03. The minimum atomic E-state index is -0.360. The minimum absolute atomic E-state index is 0.0847. The summed E-state index contributed by atoms with van der Waals surface area (Å²) in [4.78, 5) is 10.5. The maximum Gasteiger partial charge on any atom is 0.269 e. The molecule has 0 saturated heterocycles. The Morgan fingerprint density at radius 1 is 1.45 bits per heavy atom. The second-order valence-electron chi connectivity index (χ2n) is 5.47. The molecule has 6 nitrogen and oxygen atoms in total. The van der Waals surface area contributed by atoms with Gasteiger partial charge < -0.3 is 4.57 Å². The molecule has 1 aliphatic carbocycles. The maximum atomic E-state index is 10.9. The summed E-state index contributed by atoms with van der Waals surface area (Å²) in [6.07, 6.45) is 2.40. The van der Waals surface area contributed by atoms with Gasteiger partial charge in [-0.05, 0) is 32.3 Å². The number of hydrogen-bond acceptors (Lipinski definition) is 5. The van der Waals surface area contributed by atoms with Crippen LogP contribution < -0.4 is 0 Å². The van der Waals surface area contributed by atoms with Crippen molar-refractivity contribution in [2.45, 2.75) is 49.6 Å². The highest BCUT2D eigenvalue weighted by molar-refractivity contribution is 7.99. The molecule has 0 bridgehead atoms. The highest BCUT2D eigenvalue weighted by Gasteiger charge is 2.30. The molecule has 1 aliphatic rings. The van der Waals surface area contributed by atoms with E-state index in [0.29, 0.717) is 5.92 Å². The van der Waals surface area contributed by atoms with E-state index in [4.69, 9.17) is 0 Å². The van der Waals surface area contributed by atoms with Crippen LogP contribution in [-0.4, -0.2) is 19.7 Å². The van der Waals surface area contributed by atoms with Crippen molar-refractivity contribution in [1.29, 1.82) is 0 Å². The molecule has 1 fully saturated rings. The first-order valence-corrected chi connectivity index (χ1v) is 8.32. The lowest BCUT2D eigenvalue weighted by Gasteiger charge is -2.12. The van der Waals surface area contributed by atoms with Crippen LogP contribution in [0.5, 0.6) is 0 Å². The Labute approximate surface area is 133 Å². The second kappa shape index (κ2) is 6.08. The van der Waals surface area contributed by atoms with Crippen LogP contribution in [0.1, 0.15) is 49.2 Å². The fraction of sp³-hybridized carbons (Fsp3) is 0.467. The summed E-state index contributed by atoms with van der Waals surface area (Å²) >= 11 is 1.60. The van der Waals surface area contributed by atoms with E-state index >= 15 is 0 Å². The van der Waals surface area contributed by atoms with E-state index in [1.54, 1.807) is 23.9 Å². The van der Waals surface area contributed by atoms with Crippen molar-refractivity contribution >= 4 is 17.4 Å². The maximum absolute atomic E-state index is 10.9. The summed E-state index contributed by atoms with van der Waals surface area (Å²) in [5.74, 6) is 1.64. The van der Waals surface area contributed by atoms with E-state index in [9.17, 15) is 10.1 Å². The number of rotatable bonds is 6. The zero-order valence-corrected chi connectivity index (χ0v) is 13.4. The van der Waals surface area contributed by atoms with E-state index in [1.165, 1.54) is 18.9 Å². The predicted molar refractivity (Wildman–Crippen MR) is 85.0 cm³/mol. The summed E-state index contributed by atoms with van der Waals surface area (Å²) in [6.45, 7) is 4.98. The Hall–Kier alpha value is -1.89. The zero-order chi connectivity index (χ0) is 15.7. The van der Waals surface area contributed by atoms with Gasteiger partial charge in [0.25, 0.3) is 5.69 Å². The van der Waals surface area contributed by atoms with Crippen molar-refractivity contribution in [2.24, 2.45) is 0 Å². The summed E-state index contributed by atoms with van der Waals surface area (Å²) in [5.41, 5.74) is 1.05. The number of nitro benzene ring substituents is 1. The third-order valence-corrected chi connectivity index (χ3v) is 4.98. The Morgan fingerprint density at radius 2 is 2.23 bits per heavy atom. The van der Waals surface area contributed by atoms with Gasteiger partial charge in [0.1, 0.15) is 5.82 Å². The van der Waals surface area contributed by atoms with Crippen molar-refractivity contribution in [1.82, 2.24) is 14.8 Å². The number of nitro groups is 1. The fourth-order valence-electron chi connectivity index (χ4n) is 2.45. The van der Waals surface area contributed by atoms with Crippen molar-refractivity contribution in [2.75, 3.05) is 0 Å². The van der Waals surface area contributed by atoms with Crippen LogP contribution in [0.3, 0.4) is 0 Å². The minimum Gasteiger partial charge on any atom is -0.306 e. The van der Waals surface area contributed by atoms with Gasteiger partial charge in [0.2, 0.25) is 0 Å². The van der Waals surface area contributed by atoms with Gasteiger partial charge in [0.15, 0.2) is 5.16 Å². The third kappa shape index (κ3) is 2.99. The first-order valence-electron chi connectivity index (χ1n) is 7.44. The molecule has 1 atom stereocenters. The first-order chi connectivity index (χ1) is 10.6. The number of hydrogen-bond donors (Lipinski definition) is 0. The lowest BCUT2D eigenvalue weighted by atomic mass is 10.1. The van der Waals surface area contributed by atoms with E-state index in [0.717, 1.165) is 23.1 Å². The molecule has 1 aromatic carbocycles. The van der Waals surface area contributed by atoms with Crippen LogP contribution in [0, 0.1) is 10.1 Å². The Balaban J connectivity index is 1.80. The summed E-state index contributed by atoms with van der Waals surface area (Å²) in [5, 5.41) is 20.5. The quantitative estimate of drug-likeness (QED) is 0.458. The zero-order valence-electron chi connectivity index (χ0n) is 12.6. The molecule has 0 unspecified atom stereocenters. The van der Waals surface area contributed by atoms with Crippen molar-refractivity contribution < 1.29 is 4.92 Å². The van der Waals surface area contributed by atoms with Crippen LogP contribution in [0.15, 0.2) is 29.4 Å². The van der Waals surface area contributed by atoms with Gasteiger partial charge in [-0.25, -0.2) is 0 Å². The number of thioether (sulfide) groups is 1. The highest BCUT2D eigenvalue weighted by atomic mass is 32.2. The van der Waals surface area contributed by atoms with Crippen LogP contribution in [0.4, 0.5) is 5.69 Å². The van der Waals surface area contributed by atoms with Crippen molar-refractivity contribution in [3.05, 3.63) is 45.8 Å². The largest absolute Gasteiger partial charge is 0.306 e. The van der Waals surface area contributed by atoms with E-state index in [2.05, 4.69) is 21.7 Å². The highest BCUT2D eigenvalue weighted by Crippen LogP contribution is 2.41. The number of benzene rings is 1. The summed E-state index contributed by atoms with van der Waals surface area (Å²) < 4.78 is 2.16. The van der Waals surface area contributed by atoms with Gasteiger partial charge in [-0.2, -0.15) is 0 Å². The Morgan fingerprint density at radius 3 is 2.86 bits per heavy atom. The van der Waals surface area contributed by atoms with Gasteiger partial charge in [0.05, 0.1) is 4.92 Å². The van der Waals surface area contributed by atoms with Gasteiger partial charge in [0, 0.05) is 29.8 Å². The van der Waals surface area contributed by atoms with Crippen molar-refractivity contribution in [3.8, 4) is 0 Å². The van der Waals surface area contributed by atoms with E-state index in [-0.39, 0.29) is 15.9 Å². The first kappa shape index (κ1) is 15.0. The average molecular weight is 318 g/mol. The standard InChI is InChI=1S/C15H18N4O2S/c1-3-18-14(11-7-8-11)16-17-15(18)22-10(2)12-5-4-6-13(9-12)19(20)21/h4-6,9-11H,3,7-8H2,1-2H3/t10-/m1/s1. The number of nitrogens with zero attached hydrogens (tertiary/aromatic N) is 4. The molecule has 1 saturated carbocycles. The SMILES string of the molecule is CCn1c(S[C@H](C)c2cccc([N+](=O)[O-])c2)nnc1C1CC1. The molecule has 0 radical (unpaired) electrons. The molecular weight excluding hydrogens is 300 g/mol. The Kier molecular flexibility index (Phi) is 4.15. The predicted octanol–water partition coefficient (Wildman–Crippen LogP) is 3.94. The van der Waals surface area contributed by atoms with E-state index < -0.39 is 0 Å². The second-order valence-corrected chi connectivity index (χ2v) is 6.78.